The van der Waals surface area contributed by atoms with Crippen molar-refractivity contribution in [3.05, 3.63) is 94.4 Å². The van der Waals surface area contributed by atoms with Crippen molar-refractivity contribution in [3.8, 4) is 0 Å². The summed E-state index contributed by atoms with van der Waals surface area (Å²) in [5.41, 5.74) is 0.862. The third kappa shape index (κ3) is 6.06. The van der Waals surface area contributed by atoms with Gasteiger partial charge in [-0.25, -0.2) is 8.42 Å². The van der Waals surface area contributed by atoms with E-state index < -0.39 is 32.1 Å². The number of sulfonamides is 1. The average molecular weight is 681 g/mol. The first-order valence-electron chi connectivity index (χ1n) is 14.6. The van der Waals surface area contributed by atoms with E-state index >= 15 is 0 Å². The lowest BCUT2D eigenvalue weighted by atomic mass is 9.69. The summed E-state index contributed by atoms with van der Waals surface area (Å²) in [5.74, 6) is -0.959. The molecule has 242 valence electrons. The van der Waals surface area contributed by atoms with Gasteiger partial charge in [-0.15, -0.1) is 15.7 Å². The van der Waals surface area contributed by atoms with Gasteiger partial charge in [0.25, 0.3) is 0 Å². The molecule has 1 atom stereocenters. The maximum atomic E-state index is 15.0. The molecule has 1 unspecified atom stereocenters. The number of Topliss-reactive ketones (excluding diaryl/α,β-unsaturated/α-hetero) is 1. The number of hydrogen-bond donors (Lipinski definition) is 6. The Bertz CT molecular complexity index is 2050. The second-order valence-corrected chi connectivity index (χ2v) is 17.2. The van der Waals surface area contributed by atoms with Gasteiger partial charge in [-0.05, 0) is 64.4 Å². The summed E-state index contributed by atoms with van der Waals surface area (Å²) in [6, 6.07) is 19.5. The molecule has 0 amide bonds. The van der Waals surface area contributed by atoms with Gasteiger partial charge in [0.1, 0.15) is 21.8 Å². The molecule has 1 aliphatic carbocycles. The molecule has 6 N–H and O–H groups in total. The van der Waals surface area contributed by atoms with Crippen LogP contribution in [0.4, 0.5) is 11.4 Å². The smallest absolute Gasteiger partial charge is 0.229 e. The Morgan fingerprint density at radius 3 is 2.50 bits per heavy atom. The van der Waals surface area contributed by atoms with E-state index in [2.05, 4.69) is 58.0 Å². The number of thiophene rings is 1. The first-order valence-corrected chi connectivity index (χ1v) is 18.9. The summed E-state index contributed by atoms with van der Waals surface area (Å²) in [6.07, 6.45) is 2.04. The molecule has 6 rings (SSSR count). The summed E-state index contributed by atoms with van der Waals surface area (Å²) in [7, 11) is -7.54. The molecule has 4 aromatic rings. The quantitative estimate of drug-likeness (QED) is 0.112. The second kappa shape index (κ2) is 11.5. The van der Waals surface area contributed by atoms with Gasteiger partial charge >= 0.3 is 0 Å². The standard InChI is InChI=1S/C33H36N4O6S3/c1-32(2,3)15-16-33(34-18-20-19-44-26-12-8-6-9-22(20)26)24-11-7-5-10-23(24)29(38)28(30(33)39)31-35-25-14-13-21(36-45(4,40)41)17-27(25)46(42,43)37-31/h5-14,17,19,34,36,38,42-43H,15-16,18H2,1-4H3,(H,35,37). The van der Waals surface area contributed by atoms with Crippen LogP contribution in [0.25, 0.3) is 15.8 Å². The number of carbonyl (C=O) groups excluding carboxylic acids is 1. The van der Waals surface area contributed by atoms with E-state index in [-0.39, 0.29) is 38.9 Å². The van der Waals surface area contributed by atoms with Gasteiger partial charge in [0, 0.05) is 16.8 Å². The van der Waals surface area contributed by atoms with Crippen molar-refractivity contribution >= 4 is 71.0 Å². The molecule has 1 aromatic heterocycles. The molecule has 0 fully saturated rings. The van der Waals surface area contributed by atoms with Crippen LogP contribution < -0.4 is 15.4 Å². The van der Waals surface area contributed by atoms with Gasteiger partial charge in [-0.1, -0.05) is 74.0 Å². The molecule has 13 heteroatoms. The molecular weight excluding hydrogens is 645 g/mol. The molecule has 46 heavy (non-hydrogen) atoms. The zero-order chi connectivity index (χ0) is 33.1. The number of hydrogen-bond acceptors (Lipinski definition) is 10. The Balaban J connectivity index is 1.46. The van der Waals surface area contributed by atoms with E-state index in [4.69, 9.17) is 0 Å². The lowest BCUT2D eigenvalue weighted by molar-refractivity contribution is -0.122. The number of amidine groups is 1. The number of carbonyl (C=O) groups is 1. The van der Waals surface area contributed by atoms with E-state index in [9.17, 15) is 27.4 Å². The number of anilines is 2. The highest BCUT2D eigenvalue weighted by atomic mass is 32.3. The third-order valence-corrected chi connectivity index (χ3v) is 11.2. The predicted octanol–water partition coefficient (Wildman–Crippen LogP) is 7.48. The highest BCUT2D eigenvalue weighted by Crippen LogP contribution is 2.57. The van der Waals surface area contributed by atoms with Crippen molar-refractivity contribution < 1.29 is 27.4 Å². The Morgan fingerprint density at radius 1 is 1.04 bits per heavy atom. The number of benzene rings is 3. The molecule has 0 saturated carbocycles. The number of rotatable bonds is 8. The highest BCUT2D eigenvalue weighted by Gasteiger charge is 2.50. The minimum Gasteiger partial charge on any atom is -0.506 e. The Hall–Kier alpha value is -3.72. The Labute approximate surface area is 273 Å². The lowest BCUT2D eigenvalue weighted by Gasteiger charge is -2.42. The number of aliphatic hydroxyl groups is 1. The lowest BCUT2D eigenvalue weighted by Crippen LogP contribution is -2.53. The van der Waals surface area contributed by atoms with Crippen LogP contribution in [0.1, 0.15) is 50.3 Å². The zero-order valence-corrected chi connectivity index (χ0v) is 28.2. The summed E-state index contributed by atoms with van der Waals surface area (Å²) in [5, 5.41) is 21.5. The third-order valence-electron chi connectivity index (χ3n) is 8.17. The summed E-state index contributed by atoms with van der Waals surface area (Å²) in [4.78, 5) is 14.9. The van der Waals surface area contributed by atoms with E-state index in [1.165, 1.54) is 18.2 Å². The predicted molar refractivity (Wildman–Crippen MR) is 187 cm³/mol. The van der Waals surface area contributed by atoms with Crippen molar-refractivity contribution in [1.29, 1.82) is 0 Å². The molecule has 3 aromatic carbocycles. The van der Waals surface area contributed by atoms with Gasteiger partial charge in [0.15, 0.2) is 11.6 Å². The normalized spacial score (nSPS) is 20.0. The van der Waals surface area contributed by atoms with Gasteiger partial charge in [0.2, 0.25) is 10.0 Å². The van der Waals surface area contributed by atoms with Crippen molar-refractivity contribution in [3.63, 3.8) is 0 Å². The van der Waals surface area contributed by atoms with E-state index in [1.54, 1.807) is 23.5 Å². The second-order valence-electron chi connectivity index (χ2n) is 12.8. The number of nitrogens with one attached hydrogen (secondary N) is 3. The maximum Gasteiger partial charge on any atom is 0.229 e. The number of fused-ring (bicyclic) bond motifs is 3. The molecular formula is C33H36N4O6S3. The molecule has 0 bridgehead atoms. The van der Waals surface area contributed by atoms with Crippen molar-refractivity contribution in [1.82, 2.24) is 5.32 Å². The van der Waals surface area contributed by atoms with Crippen molar-refractivity contribution in [2.24, 2.45) is 9.81 Å². The Morgan fingerprint density at radius 2 is 1.76 bits per heavy atom. The van der Waals surface area contributed by atoms with Crippen LogP contribution in [-0.2, 0) is 26.9 Å². The SMILES string of the molecule is CC(C)(C)CCC1(NCc2csc3ccccc23)C(=O)C(C2=NS(O)(O)c3cc(NS(C)(=O)=O)ccc3N2)=C(O)c2ccccc21. The minimum atomic E-state index is -3.91. The molecule has 0 radical (unpaired) electrons. The monoisotopic (exact) mass is 680 g/mol. The molecule has 1 aliphatic heterocycles. The van der Waals surface area contributed by atoms with Crippen LogP contribution in [0.3, 0.4) is 0 Å². The van der Waals surface area contributed by atoms with Crippen LogP contribution in [0.2, 0.25) is 0 Å². The van der Waals surface area contributed by atoms with Gasteiger partial charge < -0.3 is 10.4 Å². The molecule has 0 saturated heterocycles. The zero-order valence-electron chi connectivity index (χ0n) is 25.8. The number of ketones is 1. The molecule has 2 aliphatic rings. The first-order chi connectivity index (χ1) is 21.6. The van der Waals surface area contributed by atoms with Crippen molar-refractivity contribution in [2.75, 3.05) is 16.3 Å². The largest absolute Gasteiger partial charge is 0.506 e. The van der Waals surface area contributed by atoms with Gasteiger partial charge in [-0.3, -0.25) is 23.9 Å². The van der Waals surface area contributed by atoms with Crippen molar-refractivity contribution in [2.45, 2.75) is 50.6 Å². The molecule has 10 nitrogen and oxygen atoms in total. The van der Waals surface area contributed by atoms with E-state index in [0.717, 1.165) is 21.9 Å². The van der Waals surface area contributed by atoms with Gasteiger partial charge in [-0.2, -0.15) is 0 Å². The molecule has 0 spiro atoms. The van der Waals surface area contributed by atoms with Gasteiger partial charge in [0.05, 0.1) is 17.6 Å². The minimum absolute atomic E-state index is 0.0462. The molecule has 2 heterocycles. The summed E-state index contributed by atoms with van der Waals surface area (Å²) in [6.45, 7) is 6.68. The van der Waals surface area contributed by atoms with E-state index in [1.807, 2.05) is 24.3 Å². The fourth-order valence-corrected chi connectivity index (χ4v) is 8.62. The highest BCUT2D eigenvalue weighted by molar-refractivity contribution is 8.23. The average Bonchev–Trinajstić information content (AvgIpc) is 3.39. The fourth-order valence-electron chi connectivity index (χ4n) is 5.91. The van der Waals surface area contributed by atoms with E-state index in [0.29, 0.717) is 30.5 Å². The fraction of sp³-hybridized carbons (Fsp3) is 0.273. The topological polar surface area (TPSA) is 160 Å². The first kappa shape index (κ1) is 32.2. The number of aliphatic hydroxyl groups excluding tert-OH is 1. The van der Waals surface area contributed by atoms with Crippen LogP contribution in [0.5, 0.6) is 0 Å². The summed E-state index contributed by atoms with van der Waals surface area (Å²) < 4.78 is 53.6. The summed E-state index contributed by atoms with van der Waals surface area (Å²) >= 11 is 1.63. The van der Waals surface area contributed by atoms with Crippen LogP contribution in [0.15, 0.2) is 87.0 Å². The maximum absolute atomic E-state index is 15.0. The van der Waals surface area contributed by atoms with Crippen LogP contribution in [0, 0.1) is 5.41 Å². The Kier molecular flexibility index (Phi) is 8.06. The number of nitrogens with zero attached hydrogens (tertiary/aromatic N) is 1. The van der Waals surface area contributed by atoms with Crippen LogP contribution >= 0.6 is 22.1 Å². The van der Waals surface area contributed by atoms with Crippen LogP contribution in [-0.4, -0.2) is 40.5 Å².